The first-order valence-corrected chi connectivity index (χ1v) is 12.9. The van der Waals surface area contributed by atoms with Gasteiger partial charge >= 0.3 is 0 Å². The number of hydrogen-bond acceptors (Lipinski definition) is 10. The molecule has 9 nitrogen and oxygen atoms in total. The normalized spacial score (nSPS) is 17.1. The molecule has 184 valence electrons. The molecule has 2 aliphatic rings. The average molecular weight is 514 g/mol. The molecule has 1 fully saturated rings. The Morgan fingerprint density at radius 2 is 1.97 bits per heavy atom. The van der Waals surface area contributed by atoms with E-state index in [9.17, 15) is 0 Å². The molecule has 5 rings (SSSR count). The van der Waals surface area contributed by atoms with Crippen LogP contribution in [0.15, 0.2) is 42.6 Å². The molecule has 3 N–H and O–H groups in total. The van der Waals surface area contributed by atoms with Crippen LogP contribution in [0.3, 0.4) is 0 Å². The second-order valence-electron chi connectivity index (χ2n) is 8.43. The van der Waals surface area contributed by atoms with Gasteiger partial charge in [0.25, 0.3) is 0 Å². The first-order chi connectivity index (χ1) is 17.1. The predicted octanol–water partition coefficient (Wildman–Crippen LogP) is 4.83. The van der Waals surface area contributed by atoms with Crippen LogP contribution < -0.4 is 29.7 Å². The fraction of sp³-hybridized carbons (Fsp3) is 0.333. The summed E-state index contributed by atoms with van der Waals surface area (Å²) >= 11 is 7.92. The number of anilines is 6. The molecule has 1 aromatic heterocycles. The van der Waals surface area contributed by atoms with E-state index in [1.165, 1.54) is 11.9 Å². The zero-order chi connectivity index (χ0) is 24.4. The highest BCUT2D eigenvalue weighted by molar-refractivity contribution is 7.99. The van der Waals surface area contributed by atoms with E-state index in [1.54, 1.807) is 13.3 Å². The molecule has 3 heterocycles. The Labute approximate surface area is 214 Å². The monoisotopic (exact) mass is 513 g/mol. The van der Waals surface area contributed by atoms with Gasteiger partial charge in [-0.1, -0.05) is 35.7 Å². The van der Waals surface area contributed by atoms with Crippen molar-refractivity contribution in [3.63, 3.8) is 0 Å². The van der Waals surface area contributed by atoms with Gasteiger partial charge in [0.15, 0.2) is 5.82 Å². The molecule has 1 saturated heterocycles. The van der Waals surface area contributed by atoms with Crippen molar-refractivity contribution in [1.29, 1.82) is 0 Å². The van der Waals surface area contributed by atoms with Crippen molar-refractivity contribution < 1.29 is 9.47 Å². The molecule has 0 bridgehead atoms. The third kappa shape index (κ3) is 5.00. The van der Waals surface area contributed by atoms with Crippen LogP contribution in [0, 0.1) is 0 Å². The predicted molar refractivity (Wildman–Crippen MR) is 144 cm³/mol. The average Bonchev–Trinajstić information content (AvgIpc) is 2.86. The number of piperazine rings is 1. The van der Waals surface area contributed by atoms with Crippen LogP contribution in [0.1, 0.15) is 0 Å². The van der Waals surface area contributed by atoms with Crippen molar-refractivity contribution in [1.82, 2.24) is 14.9 Å². The summed E-state index contributed by atoms with van der Waals surface area (Å²) < 4.78 is 15.1. The third-order valence-corrected chi connectivity index (χ3v) is 6.79. The fourth-order valence-electron chi connectivity index (χ4n) is 4.37. The number of aromatic nitrogens is 2. The highest BCUT2D eigenvalue weighted by Gasteiger charge is 2.32. The Bertz CT molecular complexity index is 1210. The summed E-state index contributed by atoms with van der Waals surface area (Å²) in [5.74, 6) is 2.39. The van der Waals surface area contributed by atoms with Crippen LogP contribution >= 0.6 is 23.5 Å². The van der Waals surface area contributed by atoms with Crippen LogP contribution in [-0.2, 0) is 0 Å². The minimum absolute atomic E-state index is 0.335. The first-order valence-electron chi connectivity index (χ1n) is 11.3. The smallest absolute Gasteiger partial charge is 0.229 e. The Balaban J connectivity index is 1.41. The molecule has 0 saturated carbocycles. The Kier molecular flexibility index (Phi) is 6.94. The van der Waals surface area contributed by atoms with Crippen LogP contribution in [0.25, 0.3) is 0 Å². The van der Waals surface area contributed by atoms with E-state index in [4.69, 9.17) is 21.1 Å². The molecule has 0 radical (unpaired) electrons. The van der Waals surface area contributed by atoms with E-state index < -0.39 is 0 Å². The lowest BCUT2D eigenvalue weighted by atomic mass is 10.1. The van der Waals surface area contributed by atoms with Crippen molar-refractivity contribution in [3.8, 4) is 11.5 Å². The molecule has 0 aliphatic carbocycles. The van der Waals surface area contributed by atoms with E-state index in [0.29, 0.717) is 35.2 Å². The maximum Gasteiger partial charge on any atom is 0.229 e. The number of hydrogen-bond donors (Lipinski definition) is 3. The van der Waals surface area contributed by atoms with Crippen molar-refractivity contribution in [2.75, 3.05) is 66.9 Å². The molecule has 1 atom stereocenters. The number of fused-ring (bicyclic) bond motifs is 3. The number of benzene rings is 2. The largest absolute Gasteiger partial charge is 0.494 e. The minimum Gasteiger partial charge on any atom is -0.494 e. The lowest BCUT2D eigenvalue weighted by molar-refractivity contribution is 0.188. The molecule has 0 amide bonds. The molecule has 1 unspecified atom stereocenters. The van der Waals surface area contributed by atoms with Crippen LogP contribution in [0.2, 0.25) is 5.02 Å². The van der Waals surface area contributed by atoms with Gasteiger partial charge in [-0.05, 0) is 19.2 Å². The van der Waals surface area contributed by atoms with Gasteiger partial charge in [-0.15, -0.1) is 0 Å². The molecular weight excluding hydrogens is 486 g/mol. The van der Waals surface area contributed by atoms with Crippen molar-refractivity contribution in [2.45, 2.75) is 6.04 Å². The lowest BCUT2D eigenvalue weighted by Crippen LogP contribution is -2.56. The van der Waals surface area contributed by atoms with E-state index >= 15 is 0 Å². The van der Waals surface area contributed by atoms with Gasteiger partial charge in [0.2, 0.25) is 5.95 Å². The minimum atomic E-state index is 0.335. The van der Waals surface area contributed by atoms with Crippen molar-refractivity contribution in [3.05, 3.63) is 47.6 Å². The summed E-state index contributed by atoms with van der Waals surface area (Å²) in [6.07, 6.45) is 3.54. The standard InChI is InChI=1S/C24H28ClN7O2S/c1-31-8-9-32-15(13-31)14-34-22-10-19(21(33-2)11-20(22)32)28-24-26-12-16(25)23(29-24)27-17-6-4-5-7-18(17)30-35-3/h4-7,10-12,15,30H,8-9,13-14H2,1-3H3,(H2,26,27,28,29). The number of ether oxygens (including phenoxy) is 2. The van der Waals surface area contributed by atoms with Crippen LogP contribution in [0.5, 0.6) is 11.5 Å². The van der Waals surface area contributed by atoms with Gasteiger partial charge in [0, 0.05) is 38.0 Å². The van der Waals surface area contributed by atoms with E-state index in [2.05, 4.69) is 42.2 Å². The summed E-state index contributed by atoms with van der Waals surface area (Å²) in [6.45, 7) is 3.60. The second-order valence-corrected chi connectivity index (χ2v) is 9.45. The lowest BCUT2D eigenvalue weighted by Gasteiger charge is -2.44. The first kappa shape index (κ1) is 23.7. The molecule has 0 spiro atoms. The Hall–Kier alpha value is -3.08. The summed E-state index contributed by atoms with van der Waals surface area (Å²) in [7, 11) is 3.80. The number of para-hydroxylation sites is 2. The number of methoxy groups -OCH3 is 1. The highest BCUT2D eigenvalue weighted by atomic mass is 35.5. The van der Waals surface area contributed by atoms with E-state index in [-0.39, 0.29) is 0 Å². The maximum atomic E-state index is 6.41. The zero-order valence-corrected chi connectivity index (χ0v) is 21.4. The molecule has 3 aromatic rings. The zero-order valence-electron chi connectivity index (χ0n) is 19.8. The van der Waals surface area contributed by atoms with E-state index in [0.717, 1.165) is 48.1 Å². The summed E-state index contributed by atoms with van der Waals surface area (Å²) in [5.41, 5.74) is 3.56. The second kappa shape index (κ2) is 10.3. The molecule has 35 heavy (non-hydrogen) atoms. The molecular formula is C24H28ClN7O2S. The number of nitrogens with one attached hydrogen (secondary N) is 3. The van der Waals surface area contributed by atoms with Crippen molar-refractivity contribution in [2.24, 2.45) is 0 Å². The SMILES string of the molecule is COc1cc2c(cc1Nc1ncc(Cl)c(Nc3ccccc3NSC)n1)OCC1CN(C)CCN21. The molecule has 2 aliphatic heterocycles. The topological polar surface area (TPSA) is 86.8 Å². The number of halogens is 1. The van der Waals surface area contributed by atoms with Crippen LogP contribution in [0.4, 0.5) is 34.5 Å². The maximum absolute atomic E-state index is 6.41. The third-order valence-electron chi connectivity index (χ3n) is 6.09. The summed E-state index contributed by atoms with van der Waals surface area (Å²) in [5, 5.41) is 6.99. The van der Waals surface area contributed by atoms with Gasteiger partial charge in [0.1, 0.15) is 23.1 Å². The molecule has 11 heteroatoms. The van der Waals surface area contributed by atoms with Crippen LogP contribution in [-0.4, -0.2) is 67.6 Å². The van der Waals surface area contributed by atoms with Gasteiger partial charge in [-0.2, -0.15) is 4.98 Å². The van der Waals surface area contributed by atoms with E-state index in [1.807, 2.05) is 42.7 Å². The Morgan fingerprint density at radius 1 is 1.14 bits per heavy atom. The fourth-order valence-corrected chi connectivity index (χ4v) is 4.90. The number of likely N-dealkylation sites (N-methyl/N-ethyl adjacent to an activating group) is 1. The van der Waals surface area contributed by atoms with Gasteiger partial charge < -0.3 is 34.6 Å². The van der Waals surface area contributed by atoms with Gasteiger partial charge in [0.05, 0.1) is 42.1 Å². The number of nitrogens with zero attached hydrogens (tertiary/aromatic N) is 4. The van der Waals surface area contributed by atoms with Crippen molar-refractivity contribution >= 4 is 58.1 Å². The van der Waals surface area contributed by atoms with Gasteiger partial charge in [-0.3, -0.25) is 0 Å². The quantitative estimate of drug-likeness (QED) is 0.382. The Morgan fingerprint density at radius 3 is 2.77 bits per heavy atom. The molecule has 2 aromatic carbocycles. The summed E-state index contributed by atoms with van der Waals surface area (Å²) in [4.78, 5) is 13.7. The van der Waals surface area contributed by atoms with Gasteiger partial charge in [-0.25, -0.2) is 4.98 Å². The highest BCUT2D eigenvalue weighted by Crippen LogP contribution is 2.43. The summed E-state index contributed by atoms with van der Waals surface area (Å²) in [6, 6.07) is 12.2. The number of rotatable bonds is 7.